The molecule has 33 heavy (non-hydrogen) atoms. The minimum atomic E-state index is -1.31. The number of nitrogens with two attached hydrogens (primary N) is 1. The Labute approximate surface area is 187 Å². The molecule has 0 saturated carbocycles. The number of imidazole rings is 1. The van der Waals surface area contributed by atoms with Crippen LogP contribution in [-0.2, 0) is 42.9 Å². The first-order valence-electron chi connectivity index (χ1n) is 9.82. The van der Waals surface area contributed by atoms with Crippen molar-refractivity contribution in [2.75, 3.05) is 12.3 Å². The molecule has 3 rings (SSSR count). The summed E-state index contributed by atoms with van der Waals surface area (Å²) < 4.78 is 28.7. The summed E-state index contributed by atoms with van der Waals surface area (Å²) in [5, 5.41) is 0. The summed E-state index contributed by atoms with van der Waals surface area (Å²) >= 11 is 0. The van der Waals surface area contributed by atoms with Gasteiger partial charge in [-0.05, 0) is 0 Å². The van der Waals surface area contributed by atoms with E-state index in [1.807, 2.05) is 0 Å². The van der Waals surface area contributed by atoms with Crippen molar-refractivity contribution in [3.8, 4) is 0 Å². The van der Waals surface area contributed by atoms with E-state index in [2.05, 4.69) is 15.0 Å². The Morgan fingerprint density at radius 3 is 2.12 bits per heavy atom. The van der Waals surface area contributed by atoms with Gasteiger partial charge in [-0.1, -0.05) is 0 Å². The van der Waals surface area contributed by atoms with Gasteiger partial charge in [-0.3, -0.25) is 23.7 Å². The van der Waals surface area contributed by atoms with Crippen LogP contribution in [0, 0.1) is 0 Å². The van der Waals surface area contributed by atoms with Crippen LogP contribution in [0.2, 0.25) is 0 Å². The predicted octanol–water partition coefficient (Wildman–Crippen LogP) is -0.336. The number of carbonyl (C=O) groups is 4. The minimum absolute atomic E-state index is 0.101. The fourth-order valence-electron chi connectivity index (χ4n) is 3.49. The Balaban J connectivity index is 2.13. The number of esters is 4. The van der Waals surface area contributed by atoms with Gasteiger partial charge in [-0.2, -0.15) is 0 Å². The zero-order valence-corrected chi connectivity index (χ0v) is 18.3. The first-order chi connectivity index (χ1) is 15.6. The molecule has 0 radical (unpaired) electrons. The van der Waals surface area contributed by atoms with Crippen LogP contribution >= 0.6 is 0 Å². The highest BCUT2D eigenvalue weighted by Gasteiger charge is 2.53. The van der Waals surface area contributed by atoms with E-state index >= 15 is 0 Å². The highest BCUT2D eigenvalue weighted by Crippen LogP contribution is 2.36. The van der Waals surface area contributed by atoms with Gasteiger partial charge < -0.3 is 29.4 Å². The smallest absolute Gasteiger partial charge is 0.303 e. The van der Waals surface area contributed by atoms with E-state index in [1.165, 1.54) is 24.1 Å². The third-order valence-electron chi connectivity index (χ3n) is 4.63. The molecule has 2 N–H and O–H groups in total. The van der Waals surface area contributed by atoms with E-state index in [0.717, 1.165) is 20.8 Å². The van der Waals surface area contributed by atoms with Gasteiger partial charge in [0.1, 0.15) is 24.6 Å². The van der Waals surface area contributed by atoms with Crippen molar-refractivity contribution in [3.63, 3.8) is 0 Å². The number of anilines is 1. The van der Waals surface area contributed by atoms with Gasteiger partial charge in [0, 0.05) is 27.7 Å². The summed E-state index contributed by atoms with van der Waals surface area (Å²) in [5.41, 5.74) is 6.35. The van der Waals surface area contributed by atoms with Gasteiger partial charge in [0.2, 0.25) is 0 Å². The molecule has 3 heterocycles. The Morgan fingerprint density at radius 1 is 0.909 bits per heavy atom. The number of nitrogen functional groups attached to an aromatic ring is 1. The third kappa shape index (κ3) is 5.34. The molecule has 178 valence electrons. The number of aromatic nitrogens is 4. The summed E-state index contributed by atoms with van der Waals surface area (Å²) in [7, 11) is 0. The summed E-state index contributed by atoms with van der Waals surface area (Å²) in [6, 6.07) is 0. The number of ether oxygens (including phenoxy) is 5. The lowest BCUT2D eigenvalue weighted by molar-refractivity contribution is -0.267. The second-order valence-electron chi connectivity index (χ2n) is 7.17. The first kappa shape index (κ1) is 23.8. The van der Waals surface area contributed by atoms with Crippen LogP contribution in [0.4, 0.5) is 5.82 Å². The molecule has 0 bridgehead atoms. The maximum Gasteiger partial charge on any atom is 0.303 e. The zero-order valence-electron chi connectivity index (χ0n) is 18.3. The lowest BCUT2D eigenvalue weighted by Gasteiger charge is -2.44. The number of hydrogen-bond donors (Lipinski definition) is 1. The standard InChI is InChI=1S/C19H23N5O9/c1-8(25)29-5-12-14(30-9(2)26)15(31-10(3)27)16(32-11(4)28)19(33-12)24-7-23-13-17(20)21-6-22-18(13)24/h6-7,12,14-16,19H,5H2,1-4H3,(H2,20,21,22)/t12-,14+,15+,16+,19+/m0/s1. The first-order valence-corrected chi connectivity index (χ1v) is 9.82. The SMILES string of the molecule is CC(=O)OC[C@@H]1O[C@@H](n2cnc3c(N)ncnc32)[C@H](OC(C)=O)[C@H](OC(C)=O)[C@@H]1OC(C)=O. The van der Waals surface area contributed by atoms with Crippen LogP contribution in [-0.4, -0.2) is 74.4 Å². The molecule has 1 fully saturated rings. The van der Waals surface area contributed by atoms with E-state index in [1.54, 1.807) is 0 Å². The summed E-state index contributed by atoms with van der Waals surface area (Å²) in [6.45, 7) is 4.28. The van der Waals surface area contributed by atoms with Gasteiger partial charge in [0.15, 0.2) is 36.0 Å². The van der Waals surface area contributed by atoms with Crippen molar-refractivity contribution in [3.05, 3.63) is 12.7 Å². The van der Waals surface area contributed by atoms with Crippen molar-refractivity contribution in [2.45, 2.75) is 58.3 Å². The lowest BCUT2D eigenvalue weighted by atomic mass is 9.97. The molecule has 14 heteroatoms. The van der Waals surface area contributed by atoms with Crippen LogP contribution in [0.15, 0.2) is 12.7 Å². The molecule has 1 aliphatic rings. The molecule has 0 spiro atoms. The van der Waals surface area contributed by atoms with Crippen molar-refractivity contribution < 1.29 is 42.9 Å². The average Bonchev–Trinajstić information content (AvgIpc) is 3.14. The number of nitrogens with zero attached hydrogens (tertiary/aromatic N) is 4. The van der Waals surface area contributed by atoms with E-state index < -0.39 is 54.5 Å². The van der Waals surface area contributed by atoms with E-state index in [-0.39, 0.29) is 23.6 Å². The number of rotatable bonds is 6. The van der Waals surface area contributed by atoms with Crippen LogP contribution in [0.3, 0.4) is 0 Å². The van der Waals surface area contributed by atoms with Crippen molar-refractivity contribution >= 4 is 40.9 Å². The van der Waals surface area contributed by atoms with Crippen LogP contribution in [0.25, 0.3) is 11.2 Å². The third-order valence-corrected chi connectivity index (χ3v) is 4.63. The molecule has 14 nitrogen and oxygen atoms in total. The molecule has 2 aromatic rings. The summed E-state index contributed by atoms with van der Waals surface area (Å²) in [6.07, 6.45) is -3.61. The number of hydrogen-bond acceptors (Lipinski definition) is 13. The fourth-order valence-corrected chi connectivity index (χ4v) is 3.49. The van der Waals surface area contributed by atoms with Crippen molar-refractivity contribution in [1.29, 1.82) is 0 Å². The molecular formula is C19H23N5O9. The lowest BCUT2D eigenvalue weighted by Crippen LogP contribution is -2.60. The zero-order chi connectivity index (χ0) is 24.3. The predicted molar refractivity (Wildman–Crippen MR) is 107 cm³/mol. The molecule has 0 amide bonds. The molecule has 1 saturated heterocycles. The Bertz CT molecular complexity index is 1070. The highest BCUT2D eigenvalue weighted by atomic mass is 16.7. The number of carbonyl (C=O) groups excluding carboxylic acids is 4. The van der Waals surface area contributed by atoms with Crippen molar-refractivity contribution in [1.82, 2.24) is 19.5 Å². The molecule has 2 aromatic heterocycles. The van der Waals surface area contributed by atoms with E-state index in [4.69, 9.17) is 29.4 Å². The summed E-state index contributed by atoms with van der Waals surface area (Å²) in [5.74, 6) is -2.68. The van der Waals surface area contributed by atoms with Crippen LogP contribution in [0.1, 0.15) is 33.9 Å². The average molecular weight is 465 g/mol. The Morgan fingerprint density at radius 2 is 1.52 bits per heavy atom. The molecule has 0 unspecified atom stereocenters. The highest BCUT2D eigenvalue weighted by molar-refractivity contribution is 5.81. The van der Waals surface area contributed by atoms with Gasteiger partial charge in [0.25, 0.3) is 0 Å². The van der Waals surface area contributed by atoms with Gasteiger partial charge in [0.05, 0.1) is 6.33 Å². The summed E-state index contributed by atoms with van der Waals surface area (Å²) in [4.78, 5) is 59.3. The largest absolute Gasteiger partial charge is 0.463 e. The molecule has 0 aromatic carbocycles. The van der Waals surface area contributed by atoms with E-state index in [9.17, 15) is 19.2 Å². The maximum atomic E-state index is 11.9. The van der Waals surface area contributed by atoms with E-state index in [0.29, 0.717) is 0 Å². The fraction of sp³-hybridized carbons (Fsp3) is 0.526. The topological polar surface area (TPSA) is 184 Å². The van der Waals surface area contributed by atoms with Crippen molar-refractivity contribution in [2.24, 2.45) is 0 Å². The van der Waals surface area contributed by atoms with Gasteiger partial charge >= 0.3 is 23.9 Å². The van der Waals surface area contributed by atoms with Crippen LogP contribution < -0.4 is 5.73 Å². The minimum Gasteiger partial charge on any atom is -0.463 e. The second-order valence-corrected chi connectivity index (χ2v) is 7.17. The van der Waals surface area contributed by atoms with Gasteiger partial charge in [-0.15, -0.1) is 0 Å². The normalized spacial score (nSPS) is 24.7. The van der Waals surface area contributed by atoms with Gasteiger partial charge in [-0.25, -0.2) is 15.0 Å². The quantitative estimate of drug-likeness (QED) is 0.432. The second kappa shape index (κ2) is 9.77. The maximum absolute atomic E-state index is 11.9. The molecular weight excluding hydrogens is 442 g/mol. The monoisotopic (exact) mass is 465 g/mol. The number of fused-ring (bicyclic) bond motifs is 1. The molecule has 1 aliphatic heterocycles. The Kier molecular flexibility index (Phi) is 7.06. The molecule has 0 aliphatic carbocycles. The van der Waals surface area contributed by atoms with Crippen LogP contribution in [0.5, 0.6) is 0 Å². The Hall–Kier alpha value is -3.81. The molecule has 5 atom stereocenters.